The van der Waals surface area contributed by atoms with Crippen LogP contribution in [0.15, 0.2) is 33.5 Å². The second-order valence-electron chi connectivity index (χ2n) is 7.14. The zero-order valence-electron chi connectivity index (χ0n) is 14.5. The second kappa shape index (κ2) is 7.04. The minimum atomic E-state index is -0.291. The molecule has 134 valence electrons. The zero-order chi connectivity index (χ0) is 17.2. The Kier molecular flexibility index (Phi) is 4.61. The number of hydrogen-bond donors (Lipinski definition) is 0. The predicted octanol–water partition coefficient (Wildman–Crippen LogP) is 1.93. The van der Waals surface area contributed by atoms with Crippen molar-refractivity contribution in [3.63, 3.8) is 0 Å². The molecular formula is C19H25N3O3. The molecule has 0 bridgehead atoms. The third kappa shape index (κ3) is 3.35. The summed E-state index contributed by atoms with van der Waals surface area (Å²) in [4.78, 5) is 28.9. The van der Waals surface area contributed by atoms with E-state index in [1.54, 1.807) is 4.57 Å². The van der Waals surface area contributed by atoms with Gasteiger partial charge in [-0.2, -0.15) is 0 Å². The lowest BCUT2D eigenvalue weighted by Crippen LogP contribution is -2.42. The van der Waals surface area contributed by atoms with Crippen LogP contribution in [0.3, 0.4) is 0 Å². The molecule has 1 amide bonds. The van der Waals surface area contributed by atoms with Gasteiger partial charge in [0.1, 0.15) is 0 Å². The number of rotatable bonds is 4. The number of likely N-dealkylation sites (tertiary alicyclic amines) is 2. The molecule has 3 heterocycles. The highest BCUT2D eigenvalue weighted by atomic mass is 16.4. The average molecular weight is 343 g/mol. The molecule has 2 aliphatic heterocycles. The van der Waals surface area contributed by atoms with Crippen molar-refractivity contribution < 1.29 is 9.21 Å². The number of amides is 1. The first kappa shape index (κ1) is 16.4. The molecule has 0 saturated carbocycles. The summed E-state index contributed by atoms with van der Waals surface area (Å²) in [6, 6.07) is 7.53. The molecule has 2 aliphatic rings. The minimum absolute atomic E-state index is 0.187. The van der Waals surface area contributed by atoms with Gasteiger partial charge >= 0.3 is 5.76 Å². The molecule has 2 fully saturated rings. The molecule has 1 aromatic heterocycles. The largest absolute Gasteiger partial charge is 0.419 e. The van der Waals surface area contributed by atoms with Gasteiger partial charge < -0.3 is 14.2 Å². The van der Waals surface area contributed by atoms with Gasteiger partial charge in [-0.3, -0.25) is 9.36 Å². The van der Waals surface area contributed by atoms with Gasteiger partial charge in [0.2, 0.25) is 5.91 Å². The van der Waals surface area contributed by atoms with Gasteiger partial charge in [0, 0.05) is 32.1 Å². The van der Waals surface area contributed by atoms with Crippen molar-refractivity contribution >= 4 is 17.0 Å². The molecule has 2 saturated heterocycles. The molecular weight excluding hydrogens is 318 g/mol. The summed E-state index contributed by atoms with van der Waals surface area (Å²) >= 11 is 0. The Labute approximate surface area is 147 Å². The SMILES string of the molecule is O=C(C1CCN(CCn2c(=O)oc3ccccc32)CC1)N1CCCC1. The fourth-order valence-electron chi connectivity index (χ4n) is 4.07. The van der Waals surface area contributed by atoms with Gasteiger partial charge in [0.15, 0.2) is 5.58 Å². The number of oxazole rings is 1. The lowest BCUT2D eigenvalue weighted by atomic mass is 9.95. The lowest BCUT2D eigenvalue weighted by Gasteiger charge is -2.33. The van der Waals surface area contributed by atoms with Crippen LogP contribution in [0.1, 0.15) is 25.7 Å². The Morgan fingerprint density at radius 2 is 1.76 bits per heavy atom. The normalized spacial score (nSPS) is 19.8. The molecule has 0 unspecified atom stereocenters. The quantitative estimate of drug-likeness (QED) is 0.851. The summed E-state index contributed by atoms with van der Waals surface area (Å²) in [6.45, 7) is 5.17. The van der Waals surface area contributed by atoms with Crippen LogP contribution >= 0.6 is 0 Å². The van der Waals surface area contributed by atoms with E-state index in [0.717, 1.165) is 63.9 Å². The summed E-state index contributed by atoms with van der Waals surface area (Å²) in [7, 11) is 0. The highest BCUT2D eigenvalue weighted by molar-refractivity contribution is 5.79. The van der Waals surface area contributed by atoms with Crippen LogP contribution in [-0.4, -0.2) is 53.0 Å². The molecule has 0 N–H and O–H groups in total. The van der Waals surface area contributed by atoms with Crippen LogP contribution in [0.4, 0.5) is 0 Å². The molecule has 0 aliphatic carbocycles. The van der Waals surface area contributed by atoms with Gasteiger partial charge in [0.05, 0.1) is 5.52 Å². The van der Waals surface area contributed by atoms with Gasteiger partial charge in [-0.05, 0) is 50.9 Å². The monoisotopic (exact) mass is 343 g/mol. The number of para-hydroxylation sites is 2. The van der Waals surface area contributed by atoms with E-state index in [1.807, 2.05) is 29.2 Å². The summed E-state index contributed by atoms with van der Waals surface area (Å²) in [6.07, 6.45) is 4.16. The summed E-state index contributed by atoms with van der Waals surface area (Å²) in [5, 5.41) is 0. The Balaban J connectivity index is 1.32. The molecule has 4 rings (SSSR count). The Morgan fingerprint density at radius 3 is 2.52 bits per heavy atom. The summed E-state index contributed by atoms with van der Waals surface area (Å²) in [5.41, 5.74) is 1.49. The van der Waals surface area contributed by atoms with Crippen LogP contribution < -0.4 is 5.76 Å². The van der Waals surface area contributed by atoms with Gasteiger partial charge in [0.25, 0.3) is 0 Å². The smallest absolute Gasteiger partial charge is 0.408 e. The van der Waals surface area contributed by atoms with Crippen LogP contribution in [0.25, 0.3) is 11.1 Å². The maximum Gasteiger partial charge on any atom is 0.419 e. The molecule has 2 aromatic rings. The molecule has 1 aromatic carbocycles. The first-order valence-electron chi connectivity index (χ1n) is 9.32. The van der Waals surface area contributed by atoms with E-state index in [-0.39, 0.29) is 11.7 Å². The average Bonchev–Trinajstić information content (AvgIpc) is 3.27. The third-order valence-corrected chi connectivity index (χ3v) is 5.57. The molecule has 6 nitrogen and oxygen atoms in total. The number of carbonyl (C=O) groups excluding carboxylic acids is 1. The number of hydrogen-bond acceptors (Lipinski definition) is 4. The van der Waals surface area contributed by atoms with E-state index in [0.29, 0.717) is 18.0 Å². The summed E-state index contributed by atoms with van der Waals surface area (Å²) < 4.78 is 6.99. The standard InChI is InChI=1S/C19H25N3O3/c23-18(21-9-3-4-10-21)15-7-11-20(12-8-15)13-14-22-16-5-1-2-6-17(16)25-19(22)24/h1-2,5-6,15H,3-4,7-14H2. The first-order valence-corrected chi connectivity index (χ1v) is 9.32. The van der Waals surface area contributed by atoms with E-state index >= 15 is 0 Å². The molecule has 0 radical (unpaired) electrons. The maximum atomic E-state index is 12.5. The Morgan fingerprint density at radius 1 is 1.04 bits per heavy atom. The molecule has 6 heteroatoms. The summed E-state index contributed by atoms with van der Waals surface area (Å²) in [5.74, 6) is 0.251. The van der Waals surface area contributed by atoms with Crippen molar-refractivity contribution in [2.24, 2.45) is 5.92 Å². The number of aromatic nitrogens is 1. The maximum absolute atomic E-state index is 12.5. The second-order valence-corrected chi connectivity index (χ2v) is 7.14. The predicted molar refractivity (Wildman–Crippen MR) is 95.5 cm³/mol. The first-order chi connectivity index (χ1) is 12.2. The van der Waals surface area contributed by atoms with Crippen molar-refractivity contribution in [2.45, 2.75) is 32.2 Å². The van der Waals surface area contributed by atoms with Gasteiger partial charge in [-0.15, -0.1) is 0 Å². The molecule has 0 atom stereocenters. The number of carbonyl (C=O) groups is 1. The van der Waals surface area contributed by atoms with E-state index in [9.17, 15) is 9.59 Å². The van der Waals surface area contributed by atoms with Crippen molar-refractivity contribution in [3.8, 4) is 0 Å². The van der Waals surface area contributed by atoms with Crippen molar-refractivity contribution in [2.75, 3.05) is 32.7 Å². The number of fused-ring (bicyclic) bond motifs is 1. The highest BCUT2D eigenvalue weighted by Gasteiger charge is 2.29. The Hall–Kier alpha value is -2.08. The van der Waals surface area contributed by atoms with E-state index in [4.69, 9.17) is 4.42 Å². The zero-order valence-corrected chi connectivity index (χ0v) is 14.5. The molecule has 25 heavy (non-hydrogen) atoms. The third-order valence-electron chi connectivity index (χ3n) is 5.57. The topological polar surface area (TPSA) is 58.7 Å². The Bertz CT molecular complexity index is 796. The van der Waals surface area contributed by atoms with E-state index in [1.165, 1.54) is 0 Å². The minimum Gasteiger partial charge on any atom is -0.408 e. The van der Waals surface area contributed by atoms with Crippen LogP contribution in [-0.2, 0) is 11.3 Å². The van der Waals surface area contributed by atoms with Crippen LogP contribution in [0.5, 0.6) is 0 Å². The number of nitrogens with zero attached hydrogens (tertiary/aromatic N) is 3. The van der Waals surface area contributed by atoms with Crippen molar-refractivity contribution in [1.29, 1.82) is 0 Å². The van der Waals surface area contributed by atoms with Gasteiger partial charge in [-0.1, -0.05) is 12.1 Å². The van der Waals surface area contributed by atoms with Crippen LogP contribution in [0, 0.1) is 5.92 Å². The fourth-order valence-corrected chi connectivity index (χ4v) is 4.07. The van der Waals surface area contributed by atoms with Crippen LogP contribution in [0.2, 0.25) is 0 Å². The highest BCUT2D eigenvalue weighted by Crippen LogP contribution is 2.22. The number of benzene rings is 1. The van der Waals surface area contributed by atoms with Crippen molar-refractivity contribution in [3.05, 3.63) is 34.8 Å². The van der Waals surface area contributed by atoms with E-state index < -0.39 is 0 Å². The molecule has 0 spiro atoms. The lowest BCUT2D eigenvalue weighted by molar-refractivity contribution is -0.135. The fraction of sp³-hybridized carbons (Fsp3) is 0.579. The number of piperidine rings is 1. The van der Waals surface area contributed by atoms with E-state index in [2.05, 4.69) is 4.90 Å². The van der Waals surface area contributed by atoms with Gasteiger partial charge in [-0.25, -0.2) is 4.79 Å². The van der Waals surface area contributed by atoms with Crippen molar-refractivity contribution in [1.82, 2.24) is 14.4 Å².